The molecule has 110 valence electrons. The maximum absolute atomic E-state index is 12.1. The zero-order valence-corrected chi connectivity index (χ0v) is 11.6. The first-order valence-corrected chi connectivity index (χ1v) is 7.34. The fraction of sp³-hybridized carbons (Fsp3) is 0.182. The van der Waals surface area contributed by atoms with Gasteiger partial charge in [0.25, 0.3) is 0 Å². The fourth-order valence-electron chi connectivity index (χ4n) is 1.75. The summed E-state index contributed by atoms with van der Waals surface area (Å²) >= 11 is 0. The molecule has 0 spiro atoms. The van der Waals surface area contributed by atoms with Gasteiger partial charge in [0.1, 0.15) is 0 Å². The Bertz CT molecular complexity index is 952. The Hall–Kier alpha value is -2.46. The van der Waals surface area contributed by atoms with Crippen molar-refractivity contribution >= 4 is 21.1 Å². The molecule has 0 amide bonds. The minimum atomic E-state index is -3.77. The summed E-state index contributed by atoms with van der Waals surface area (Å²) in [4.78, 5) is 17.3. The number of oxazole rings is 1. The lowest BCUT2D eigenvalue weighted by Crippen LogP contribution is -2.23. The first kappa shape index (κ1) is 13.5. The molecule has 0 saturated carbocycles. The SMILES string of the molecule is Cc1noc(CNS(=O)(=O)c2ccc3oc(=O)[nH]c3c2)n1. The van der Waals surface area contributed by atoms with Crippen molar-refractivity contribution in [3.63, 3.8) is 0 Å². The maximum atomic E-state index is 12.1. The molecule has 0 unspecified atom stereocenters. The van der Waals surface area contributed by atoms with Gasteiger partial charge in [-0.2, -0.15) is 4.98 Å². The number of H-pyrrole nitrogens is 1. The Morgan fingerprint density at radius 3 is 2.90 bits per heavy atom. The van der Waals surface area contributed by atoms with Gasteiger partial charge in [-0.25, -0.2) is 17.9 Å². The molecule has 3 aromatic rings. The van der Waals surface area contributed by atoms with E-state index in [9.17, 15) is 13.2 Å². The van der Waals surface area contributed by atoms with Crippen LogP contribution in [0.4, 0.5) is 0 Å². The summed E-state index contributed by atoms with van der Waals surface area (Å²) in [7, 11) is -3.77. The monoisotopic (exact) mass is 310 g/mol. The highest BCUT2D eigenvalue weighted by Gasteiger charge is 2.17. The van der Waals surface area contributed by atoms with Crippen LogP contribution in [0.2, 0.25) is 0 Å². The van der Waals surface area contributed by atoms with Gasteiger partial charge in [-0.3, -0.25) is 4.98 Å². The van der Waals surface area contributed by atoms with Gasteiger partial charge in [-0.15, -0.1) is 0 Å². The molecule has 3 rings (SSSR count). The van der Waals surface area contributed by atoms with Crippen LogP contribution in [0.15, 0.2) is 36.8 Å². The molecule has 0 saturated heterocycles. The zero-order valence-electron chi connectivity index (χ0n) is 10.8. The Morgan fingerprint density at radius 1 is 1.38 bits per heavy atom. The van der Waals surface area contributed by atoms with E-state index < -0.39 is 15.8 Å². The van der Waals surface area contributed by atoms with Crippen molar-refractivity contribution in [1.82, 2.24) is 19.8 Å². The molecule has 0 atom stereocenters. The number of aromatic nitrogens is 3. The van der Waals surface area contributed by atoms with Crippen molar-refractivity contribution in [1.29, 1.82) is 0 Å². The van der Waals surface area contributed by atoms with Gasteiger partial charge in [0.15, 0.2) is 11.4 Å². The highest BCUT2D eigenvalue weighted by Crippen LogP contribution is 2.16. The molecule has 9 nitrogen and oxygen atoms in total. The number of nitrogens with one attached hydrogen (secondary N) is 2. The molecule has 10 heteroatoms. The molecule has 0 fully saturated rings. The molecule has 1 aromatic carbocycles. The summed E-state index contributed by atoms with van der Waals surface area (Å²) in [5, 5.41) is 3.56. The summed E-state index contributed by atoms with van der Waals surface area (Å²) < 4.78 is 36.2. The quantitative estimate of drug-likeness (QED) is 0.708. The number of aromatic amines is 1. The van der Waals surface area contributed by atoms with Crippen molar-refractivity contribution in [3.05, 3.63) is 40.5 Å². The molecule has 2 aromatic heterocycles. The van der Waals surface area contributed by atoms with Gasteiger partial charge < -0.3 is 8.94 Å². The van der Waals surface area contributed by atoms with Crippen LogP contribution in [0.3, 0.4) is 0 Å². The van der Waals surface area contributed by atoms with E-state index in [0.717, 1.165) is 0 Å². The Morgan fingerprint density at radius 2 is 2.19 bits per heavy atom. The summed E-state index contributed by atoms with van der Waals surface area (Å²) in [6, 6.07) is 4.04. The topological polar surface area (TPSA) is 131 Å². The van der Waals surface area contributed by atoms with Gasteiger partial charge in [0.2, 0.25) is 15.9 Å². The number of hydrogen-bond donors (Lipinski definition) is 2. The van der Waals surface area contributed by atoms with Crippen molar-refractivity contribution in [3.8, 4) is 0 Å². The minimum absolute atomic E-state index is 0.0108. The minimum Gasteiger partial charge on any atom is -0.408 e. The van der Waals surface area contributed by atoms with E-state index in [-0.39, 0.29) is 22.9 Å². The van der Waals surface area contributed by atoms with Crippen LogP contribution in [-0.4, -0.2) is 23.5 Å². The predicted octanol–water partition coefficient (Wildman–Crippen LogP) is 0.291. The molecular weight excluding hydrogens is 300 g/mol. The Balaban J connectivity index is 1.86. The summed E-state index contributed by atoms with van der Waals surface area (Å²) in [5.74, 6) is -0.0655. The van der Waals surface area contributed by atoms with E-state index in [1.807, 2.05) is 0 Å². The number of rotatable bonds is 4. The van der Waals surface area contributed by atoms with E-state index in [4.69, 9.17) is 8.94 Å². The van der Waals surface area contributed by atoms with Gasteiger partial charge >= 0.3 is 5.76 Å². The van der Waals surface area contributed by atoms with Crippen molar-refractivity contribution in [2.75, 3.05) is 0 Å². The number of benzene rings is 1. The average Bonchev–Trinajstić information content (AvgIpc) is 3.00. The molecule has 0 aliphatic rings. The standard InChI is InChI=1S/C11H10N4O5S/c1-6-13-10(20-15-6)5-12-21(17,18)7-2-3-9-8(4-7)14-11(16)19-9/h2-4,12H,5H2,1H3,(H,14,16). The summed E-state index contributed by atoms with van der Waals surface area (Å²) in [5.41, 5.74) is 0.586. The molecule has 2 N–H and O–H groups in total. The molecule has 21 heavy (non-hydrogen) atoms. The zero-order chi connectivity index (χ0) is 15.0. The van der Waals surface area contributed by atoms with E-state index in [0.29, 0.717) is 11.3 Å². The predicted molar refractivity (Wildman–Crippen MR) is 69.9 cm³/mol. The van der Waals surface area contributed by atoms with Crippen LogP contribution < -0.4 is 10.5 Å². The van der Waals surface area contributed by atoms with Crippen LogP contribution in [-0.2, 0) is 16.6 Å². The van der Waals surface area contributed by atoms with Crippen molar-refractivity contribution < 1.29 is 17.4 Å². The van der Waals surface area contributed by atoms with Gasteiger partial charge in [-0.05, 0) is 25.1 Å². The number of sulfonamides is 1. The summed E-state index contributed by atoms with van der Waals surface area (Å²) in [6.45, 7) is 1.51. The lowest BCUT2D eigenvalue weighted by molar-refractivity contribution is 0.372. The lowest BCUT2D eigenvalue weighted by Gasteiger charge is -2.04. The third kappa shape index (κ3) is 2.71. The normalized spacial score (nSPS) is 12.0. The van der Waals surface area contributed by atoms with Crippen molar-refractivity contribution in [2.24, 2.45) is 0 Å². The number of fused-ring (bicyclic) bond motifs is 1. The van der Waals surface area contributed by atoms with Crippen LogP contribution in [0.25, 0.3) is 11.1 Å². The van der Waals surface area contributed by atoms with E-state index in [1.165, 1.54) is 18.2 Å². The molecule has 0 bridgehead atoms. The van der Waals surface area contributed by atoms with E-state index in [1.54, 1.807) is 6.92 Å². The first-order valence-electron chi connectivity index (χ1n) is 5.86. The highest BCUT2D eigenvalue weighted by molar-refractivity contribution is 7.89. The maximum Gasteiger partial charge on any atom is 0.417 e. The molecular formula is C11H10N4O5S. The number of aryl methyl sites for hydroxylation is 1. The largest absolute Gasteiger partial charge is 0.417 e. The van der Waals surface area contributed by atoms with E-state index >= 15 is 0 Å². The van der Waals surface area contributed by atoms with Crippen LogP contribution in [0.5, 0.6) is 0 Å². The lowest BCUT2D eigenvalue weighted by atomic mass is 10.3. The third-order valence-corrected chi connectivity index (χ3v) is 4.08. The fourth-order valence-corrected chi connectivity index (χ4v) is 2.75. The number of hydrogen-bond acceptors (Lipinski definition) is 7. The molecule has 2 heterocycles. The average molecular weight is 310 g/mol. The summed E-state index contributed by atoms with van der Waals surface area (Å²) in [6.07, 6.45) is 0. The second kappa shape index (κ2) is 4.82. The van der Waals surface area contributed by atoms with Crippen LogP contribution in [0, 0.1) is 6.92 Å². The van der Waals surface area contributed by atoms with Crippen LogP contribution in [0.1, 0.15) is 11.7 Å². The van der Waals surface area contributed by atoms with E-state index in [2.05, 4.69) is 19.8 Å². The van der Waals surface area contributed by atoms with Crippen LogP contribution >= 0.6 is 0 Å². The van der Waals surface area contributed by atoms with Gasteiger partial charge in [0.05, 0.1) is 17.0 Å². The number of nitrogens with zero attached hydrogens (tertiary/aromatic N) is 2. The second-order valence-corrected chi connectivity index (χ2v) is 6.00. The third-order valence-electron chi connectivity index (χ3n) is 2.68. The Kier molecular flexibility index (Phi) is 3.11. The molecule has 0 aliphatic carbocycles. The second-order valence-electron chi connectivity index (χ2n) is 4.23. The molecule has 0 radical (unpaired) electrons. The molecule has 0 aliphatic heterocycles. The van der Waals surface area contributed by atoms with Crippen molar-refractivity contribution in [2.45, 2.75) is 18.4 Å². The van der Waals surface area contributed by atoms with Gasteiger partial charge in [-0.1, -0.05) is 5.16 Å². The smallest absolute Gasteiger partial charge is 0.408 e. The highest BCUT2D eigenvalue weighted by atomic mass is 32.2. The first-order chi connectivity index (χ1) is 9.94. The van der Waals surface area contributed by atoms with Gasteiger partial charge in [0, 0.05) is 0 Å². The Labute approximate surface area is 118 Å².